The summed E-state index contributed by atoms with van der Waals surface area (Å²) < 4.78 is 5.33. The fraction of sp³-hybridized carbons (Fsp3) is 0.500. The van der Waals surface area contributed by atoms with Crippen LogP contribution in [0.25, 0.3) is 0 Å². The standard InChI is InChI=1S/C24H26N2OS/c1-27-21-4-2-3-16(10-21)15-28-23-20(14-25)5-6-22(26-23)24-11-17-7-18(12-24)9-19(8-17)13-24/h2-6,10,17-19H,7-9,11-13,15H2,1H3. The quantitative estimate of drug-likeness (QED) is 0.612. The molecule has 28 heavy (non-hydrogen) atoms. The average Bonchev–Trinajstić information content (AvgIpc) is 2.71. The number of thioether (sulfide) groups is 1. The molecule has 1 aromatic heterocycles. The van der Waals surface area contributed by atoms with Crippen LogP contribution in [0.5, 0.6) is 5.75 Å². The number of hydrogen-bond acceptors (Lipinski definition) is 4. The minimum absolute atomic E-state index is 0.272. The van der Waals surface area contributed by atoms with E-state index in [1.165, 1.54) is 49.8 Å². The molecule has 4 fully saturated rings. The van der Waals surface area contributed by atoms with Gasteiger partial charge in [0.25, 0.3) is 0 Å². The van der Waals surface area contributed by atoms with Crippen molar-refractivity contribution in [2.45, 2.75) is 54.7 Å². The highest BCUT2D eigenvalue weighted by atomic mass is 32.2. The normalized spacial score (nSPS) is 30.2. The molecule has 6 rings (SSSR count). The number of rotatable bonds is 5. The summed E-state index contributed by atoms with van der Waals surface area (Å²) in [6.45, 7) is 0. The minimum Gasteiger partial charge on any atom is -0.497 e. The summed E-state index contributed by atoms with van der Waals surface area (Å²) in [5.41, 5.74) is 3.41. The summed E-state index contributed by atoms with van der Waals surface area (Å²) in [6, 6.07) is 14.6. The highest BCUT2D eigenvalue weighted by molar-refractivity contribution is 7.98. The number of ether oxygens (including phenoxy) is 1. The van der Waals surface area contributed by atoms with Crippen LogP contribution in [0.3, 0.4) is 0 Å². The van der Waals surface area contributed by atoms with E-state index in [4.69, 9.17) is 9.72 Å². The predicted molar refractivity (Wildman–Crippen MR) is 111 cm³/mol. The van der Waals surface area contributed by atoms with Crippen molar-refractivity contribution in [3.05, 3.63) is 53.2 Å². The first-order valence-corrected chi connectivity index (χ1v) is 11.3. The van der Waals surface area contributed by atoms with Gasteiger partial charge in [0.2, 0.25) is 0 Å². The molecule has 0 saturated heterocycles. The Bertz CT molecular complexity index is 897. The smallest absolute Gasteiger partial charge is 0.119 e. The first-order valence-electron chi connectivity index (χ1n) is 10.3. The van der Waals surface area contributed by atoms with Gasteiger partial charge in [-0.1, -0.05) is 12.1 Å². The molecule has 3 nitrogen and oxygen atoms in total. The average molecular weight is 391 g/mol. The molecule has 0 aliphatic heterocycles. The number of aromatic nitrogens is 1. The third-order valence-electron chi connectivity index (χ3n) is 7.07. The lowest BCUT2D eigenvalue weighted by Crippen LogP contribution is -2.49. The Morgan fingerprint density at radius 1 is 1.11 bits per heavy atom. The van der Waals surface area contributed by atoms with Gasteiger partial charge in [-0.15, -0.1) is 11.8 Å². The summed E-state index contributed by atoms with van der Waals surface area (Å²) in [5.74, 6) is 4.36. The molecule has 4 heteroatoms. The van der Waals surface area contributed by atoms with Crippen molar-refractivity contribution in [3.8, 4) is 11.8 Å². The number of methoxy groups -OCH3 is 1. The molecule has 4 saturated carbocycles. The fourth-order valence-electron chi connectivity index (χ4n) is 6.27. The number of nitriles is 1. The van der Waals surface area contributed by atoms with Crippen molar-refractivity contribution in [2.24, 2.45) is 17.8 Å². The number of benzene rings is 1. The Labute approximate surface area is 171 Å². The van der Waals surface area contributed by atoms with Gasteiger partial charge >= 0.3 is 0 Å². The van der Waals surface area contributed by atoms with Crippen LogP contribution in [0.2, 0.25) is 0 Å². The van der Waals surface area contributed by atoms with Crippen molar-refractivity contribution in [1.82, 2.24) is 4.98 Å². The second-order valence-corrected chi connectivity index (χ2v) is 9.96. The maximum absolute atomic E-state index is 9.60. The van der Waals surface area contributed by atoms with E-state index >= 15 is 0 Å². The number of pyridine rings is 1. The van der Waals surface area contributed by atoms with Gasteiger partial charge in [0.1, 0.15) is 16.8 Å². The molecule has 0 atom stereocenters. The van der Waals surface area contributed by atoms with Crippen LogP contribution in [0, 0.1) is 29.1 Å². The molecule has 1 aromatic carbocycles. The fourth-order valence-corrected chi connectivity index (χ4v) is 7.18. The minimum atomic E-state index is 0.272. The summed E-state index contributed by atoms with van der Waals surface area (Å²) in [7, 11) is 1.69. The summed E-state index contributed by atoms with van der Waals surface area (Å²) in [4.78, 5) is 5.10. The second kappa shape index (κ2) is 7.12. The molecule has 4 aliphatic carbocycles. The van der Waals surface area contributed by atoms with E-state index < -0.39 is 0 Å². The van der Waals surface area contributed by atoms with E-state index in [0.717, 1.165) is 34.3 Å². The van der Waals surface area contributed by atoms with Crippen LogP contribution < -0.4 is 4.74 Å². The molecule has 0 radical (unpaired) electrons. The molecule has 1 heterocycles. The van der Waals surface area contributed by atoms with Gasteiger partial charge in [-0.3, -0.25) is 0 Å². The van der Waals surface area contributed by atoms with Gasteiger partial charge in [0.05, 0.1) is 12.7 Å². The van der Waals surface area contributed by atoms with Gasteiger partial charge in [-0.05, 0) is 86.1 Å². The van der Waals surface area contributed by atoms with Crippen LogP contribution in [0.15, 0.2) is 41.4 Å². The van der Waals surface area contributed by atoms with Gasteiger partial charge < -0.3 is 4.74 Å². The molecule has 144 valence electrons. The van der Waals surface area contributed by atoms with E-state index in [9.17, 15) is 5.26 Å². The third-order valence-corrected chi connectivity index (χ3v) is 8.13. The van der Waals surface area contributed by atoms with Crippen LogP contribution in [-0.2, 0) is 11.2 Å². The topological polar surface area (TPSA) is 45.9 Å². The monoisotopic (exact) mass is 390 g/mol. The first-order chi connectivity index (χ1) is 13.7. The van der Waals surface area contributed by atoms with E-state index in [1.54, 1.807) is 18.9 Å². The molecule has 0 N–H and O–H groups in total. The van der Waals surface area contributed by atoms with Gasteiger partial charge in [-0.2, -0.15) is 5.26 Å². The molecule has 0 spiro atoms. The van der Waals surface area contributed by atoms with Crippen molar-refractivity contribution in [1.29, 1.82) is 5.26 Å². The van der Waals surface area contributed by atoms with Crippen LogP contribution >= 0.6 is 11.8 Å². The molecular weight excluding hydrogens is 364 g/mol. The Morgan fingerprint density at radius 2 is 1.82 bits per heavy atom. The molecule has 4 aliphatic rings. The lowest BCUT2D eigenvalue weighted by molar-refractivity contribution is -0.00744. The van der Waals surface area contributed by atoms with E-state index in [-0.39, 0.29) is 5.41 Å². The molecular formula is C24H26N2OS. The highest BCUT2D eigenvalue weighted by Gasteiger charge is 2.52. The van der Waals surface area contributed by atoms with Crippen LogP contribution in [-0.4, -0.2) is 12.1 Å². The SMILES string of the molecule is COc1cccc(CSc2nc(C34CC5CC(CC(C5)C3)C4)ccc2C#N)c1. The summed E-state index contributed by atoms with van der Waals surface area (Å²) >= 11 is 1.67. The van der Waals surface area contributed by atoms with E-state index in [0.29, 0.717) is 5.56 Å². The number of nitrogens with zero attached hydrogens (tertiary/aromatic N) is 2. The zero-order valence-corrected chi connectivity index (χ0v) is 17.2. The Hall–Kier alpha value is -1.99. The zero-order valence-electron chi connectivity index (χ0n) is 16.4. The maximum Gasteiger partial charge on any atom is 0.119 e. The molecule has 4 bridgehead atoms. The van der Waals surface area contributed by atoms with E-state index in [2.05, 4.69) is 24.3 Å². The van der Waals surface area contributed by atoms with Gasteiger partial charge in [-0.25, -0.2) is 4.98 Å². The summed E-state index contributed by atoms with van der Waals surface area (Å²) in [5, 5.41) is 10.5. The van der Waals surface area contributed by atoms with Crippen molar-refractivity contribution in [2.75, 3.05) is 7.11 Å². The first kappa shape index (κ1) is 18.1. The second-order valence-electron chi connectivity index (χ2n) is 9.00. The lowest BCUT2D eigenvalue weighted by atomic mass is 9.49. The Kier molecular flexibility index (Phi) is 4.59. The molecule has 0 unspecified atom stereocenters. The highest BCUT2D eigenvalue weighted by Crippen LogP contribution is 2.60. The van der Waals surface area contributed by atoms with Crippen LogP contribution in [0.4, 0.5) is 0 Å². The zero-order chi connectivity index (χ0) is 19.1. The predicted octanol–water partition coefficient (Wildman–Crippen LogP) is 5.72. The van der Waals surface area contributed by atoms with Crippen LogP contribution in [0.1, 0.15) is 55.3 Å². The van der Waals surface area contributed by atoms with Crippen molar-refractivity contribution in [3.63, 3.8) is 0 Å². The van der Waals surface area contributed by atoms with Gasteiger partial charge in [0, 0.05) is 16.9 Å². The Balaban J connectivity index is 1.42. The number of hydrogen-bond donors (Lipinski definition) is 0. The van der Waals surface area contributed by atoms with Crippen molar-refractivity contribution >= 4 is 11.8 Å². The lowest BCUT2D eigenvalue weighted by Gasteiger charge is -2.56. The van der Waals surface area contributed by atoms with E-state index in [1.807, 2.05) is 18.2 Å². The van der Waals surface area contributed by atoms with Crippen molar-refractivity contribution < 1.29 is 4.74 Å². The third kappa shape index (κ3) is 3.20. The molecule has 0 amide bonds. The largest absolute Gasteiger partial charge is 0.497 e. The molecule has 2 aromatic rings. The van der Waals surface area contributed by atoms with Gasteiger partial charge in [0.15, 0.2) is 0 Å². The Morgan fingerprint density at radius 3 is 2.46 bits per heavy atom. The maximum atomic E-state index is 9.60. The summed E-state index contributed by atoms with van der Waals surface area (Å²) in [6.07, 6.45) is 8.22.